The molecule has 1 aromatic carbocycles. The van der Waals surface area contributed by atoms with Crippen molar-refractivity contribution in [2.75, 3.05) is 59.0 Å². The van der Waals surface area contributed by atoms with E-state index in [4.69, 9.17) is 9.47 Å². The normalized spacial score (nSPS) is 20.4. The number of carbonyl (C=O) groups excluding carboxylic acids is 3. The van der Waals surface area contributed by atoms with Crippen LogP contribution in [-0.2, 0) is 20.9 Å². The number of carbonyl (C=O) groups is 3. The van der Waals surface area contributed by atoms with Crippen molar-refractivity contribution < 1.29 is 23.9 Å². The molecule has 1 aromatic rings. The van der Waals surface area contributed by atoms with Crippen LogP contribution in [0.25, 0.3) is 0 Å². The predicted molar refractivity (Wildman–Crippen MR) is 126 cm³/mol. The first-order valence-electron chi connectivity index (χ1n) is 12.4. The highest BCUT2D eigenvalue weighted by atomic mass is 16.6. The highest BCUT2D eigenvalue weighted by molar-refractivity contribution is 5.82. The van der Waals surface area contributed by atoms with Crippen LogP contribution in [0, 0.1) is 5.92 Å². The van der Waals surface area contributed by atoms with Crippen LogP contribution in [0.15, 0.2) is 30.3 Å². The summed E-state index contributed by atoms with van der Waals surface area (Å²) in [5.74, 6) is 0.0204. The molecule has 9 heteroatoms. The van der Waals surface area contributed by atoms with Crippen molar-refractivity contribution >= 4 is 18.1 Å². The first-order chi connectivity index (χ1) is 16.5. The van der Waals surface area contributed by atoms with Crippen molar-refractivity contribution in [1.29, 1.82) is 0 Å². The van der Waals surface area contributed by atoms with Gasteiger partial charge in [-0.25, -0.2) is 9.59 Å². The summed E-state index contributed by atoms with van der Waals surface area (Å²) in [7, 11) is 0. The lowest BCUT2D eigenvalue weighted by molar-refractivity contribution is -0.141. The van der Waals surface area contributed by atoms with Gasteiger partial charge in [0.25, 0.3) is 0 Å². The van der Waals surface area contributed by atoms with E-state index < -0.39 is 0 Å². The number of hydrogen-bond donors (Lipinski definition) is 0. The molecule has 3 heterocycles. The fraction of sp³-hybridized carbons (Fsp3) is 0.640. The molecule has 3 fully saturated rings. The Hall–Kier alpha value is -2.81. The topological polar surface area (TPSA) is 82.6 Å². The Bertz CT molecular complexity index is 837. The smallest absolute Gasteiger partial charge is 0.410 e. The molecule has 3 amide bonds. The fourth-order valence-corrected chi connectivity index (χ4v) is 5.00. The van der Waals surface area contributed by atoms with E-state index in [1.54, 1.807) is 9.80 Å². The number of nitrogens with zero attached hydrogens (tertiary/aromatic N) is 4. The predicted octanol–water partition coefficient (Wildman–Crippen LogP) is 2.41. The Morgan fingerprint density at radius 3 is 2.24 bits per heavy atom. The fourth-order valence-electron chi connectivity index (χ4n) is 5.00. The van der Waals surface area contributed by atoms with Gasteiger partial charge in [-0.2, -0.15) is 0 Å². The number of likely N-dealkylation sites (tertiary alicyclic amines) is 2. The van der Waals surface area contributed by atoms with Gasteiger partial charge in [0.15, 0.2) is 0 Å². The van der Waals surface area contributed by atoms with E-state index in [2.05, 4.69) is 4.90 Å². The number of rotatable bonds is 5. The summed E-state index contributed by atoms with van der Waals surface area (Å²) in [6.45, 7) is 8.08. The standard InChI is InChI=1S/C25H36N4O5/c1-2-33-24(31)28-12-6-11-26(15-16-28)22-9-13-27(14-10-22)23(30)21-17-29(18-21)25(32)34-19-20-7-4-3-5-8-20/h3-5,7-8,21-22H,2,6,9-19H2,1H3. The molecule has 3 aliphatic rings. The highest BCUT2D eigenvalue weighted by Crippen LogP contribution is 2.24. The van der Waals surface area contributed by atoms with Gasteiger partial charge in [0.05, 0.1) is 12.5 Å². The molecule has 0 bridgehead atoms. The van der Waals surface area contributed by atoms with E-state index in [9.17, 15) is 14.4 Å². The maximum atomic E-state index is 12.9. The van der Waals surface area contributed by atoms with Crippen molar-refractivity contribution in [1.82, 2.24) is 19.6 Å². The number of piperidine rings is 1. The number of ether oxygens (including phenoxy) is 2. The van der Waals surface area contributed by atoms with Crippen molar-refractivity contribution in [2.45, 2.75) is 38.8 Å². The minimum Gasteiger partial charge on any atom is -0.450 e. The molecule has 0 saturated carbocycles. The molecule has 0 N–H and O–H groups in total. The van der Waals surface area contributed by atoms with Crippen LogP contribution in [0.3, 0.4) is 0 Å². The highest BCUT2D eigenvalue weighted by Gasteiger charge is 2.40. The largest absolute Gasteiger partial charge is 0.450 e. The van der Waals surface area contributed by atoms with Crippen molar-refractivity contribution in [3.05, 3.63) is 35.9 Å². The van der Waals surface area contributed by atoms with Gasteiger partial charge >= 0.3 is 12.2 Å². The lowest BCUT2D eigenvalue weighted by Crippen LogP contribution is -2.58. The van der Waals surface area contributed by atoms with Gasteiger partial charge < -0.3 is 24.2 Å². The third kappa shape index (κ3) is 6.00. The minimum absolute atomic E-state index is 0.128. The summed E-state index contributed by atoms with van der Waals surface area (Å²) < 4.78 is 10.5. The zero-order chi connectivity index (χ0) is 23.9. The van der Waals surface area contributed by atoms with Gasteiger partial charge in [-0.3, -0.25) is 9.69 Å². The average Bonchev–Trinajstić information content (AvgIpc) is 3.09. The molecule has 0 unspecified atom stereocenters. The van der Waals surface area contributed by atoms with Gasteiger partial charge in [-0.05, 0) is 31.7 Å². The second-order valence-corrected chi connectivity index (χ2v) is 9.27. The summed E-state index contributed by atoms with van der Waals surface area (Å²) in [5, 5.41) is 0. The Morgan fingerprint density at radius 1 is 0.824 bits per heavy atom. The summed E-state index contributed by atoms with van der Waals surface area (Å²) in [5.41, 5.74) is 0.949. The van der Waals surface area contributed by atoms with Crippen molar-refractivity contribution in [3.63, 3.8) is 0 Å². The van der Waals surface area contributed by atoms with E-state index in [0.29, 0.717) is 32.3 Å². The molecular formula is C25H36N4O5. The Morgan fingerprint density at radius 2 is 1.53 bits per heavy atom. The molecule has 34 heavy (non-hydrogen) atoms. The van der Waals surface area contributed by atoms with Gasteiger partial charge in [0.1, 0.15) is 6.61 Å². The minimum atomic E-state index is -0.357. The SMILES string of the molecule is CCOC(=O)N1CCCN(C2CCN(C(=O)C3CN(C(=O)OCc4ccccc4)C3)CC2)CC1. The van der Waals surface area contributed by atoms with Gasteiger partial charge in [-0.1, -0.05) is 30.3 Å². The Labute approximate surface area is 201 Å². The van der Waals surface area contributed by atoms with Crippen molar-refractivity contribution in [2.24, 2.45) is 5.92 Å². The van der Waals surface area contributed by atoms with E-state index in [1.165, 1.54) is 0 Å². The average molecular weight is 473 g/mol. The third-order valence-corrected chi connectivity index (χ3v) is 7.04. The summed E-state index contributed by atoms with van der Waals surface area (Å²) >= 11 is 0. The zero-order valence-corrected chi connectivity index (χ0v) is 20.1. The molecule has 186 valence electrons. The Kier molecular flexibility index (Phi) is 8.26. The van der Waals surface area contributed by atoms with Crippen molar-refractivity contribution in [3.8, 4) is 0 Å². The lowest BCUT2D eigenvalue weighted by Gasteiger charge is -2.43. The maximum absolute atomic E-state index is 12.9. The van der Waals surface area contributed by atoms with Crippen LogP contribution < -0.4 is 0 Å². The van der Waals surface area contributed by atoms with Crippen LogP contribution in [0.2, 0.25) is 0 Å². The van der Waals surface area contributed by atoms with E-state index in [-0.39, 0.29) is 30.6 Å². The molecule has 0 atom stereocenters. The molecule has 0 aromatic heterocycles. The first kappa shape index (κ1) is 24.3. The third-order valence-electron chi connectivity index (χ3n) is 7.04. The van der Waals surface area contributed by atoms with Gasteiger partial charge in [-0.15, -0.1) is 0 Å². The Balaban J connectivity index is 1.15. The monoisotopic (exact) mass is 472 g/mol. The molecule has 3 saturated heterocycles. The maximum Gasteiger partial charge on any atom is 0.410 e. The number of benzene rings is 1. The first-order valence-corrected chi connectivity index (χ1v) is 12.4. The molecule has 9 nitrogen and oxygen atoms in total. The lowest BCUT2D eigenvalue weighted by atomic mass is 9.96. The van der Waals surface area contributed by atoms with Crippen LogP contribution in [-0.4, -0.2) is 103 Å². The second kappa shape index (κ2) is 11.6. The summed E-state index contributed by atoms with van der Waals surface area (Å²) in [6.07, 6.45) is 2.25. The van der Waals surface area contributed by atoms with Crippen LogP contribution in [0.4, 0.5) is 9.59 Å². The second-order valence-electron chi connectivity index (χ2n) is 9.27. The molecule has 3 aliphatic heterocycles. The van der Waals surface area contributed by atoms with E-state index in [0.717, 1.165) is 57.5 Å². The molecule has 4 rings (SSSR count). The van der Waals surface area contributed by atoms with Crippen LogP contribution >= 0.6 is 0 Å². The number of amides is 3. The van der Waals surface area contributed by atoms with Crippen LogP contribution in [0.5, 0.6) is 0 Å². The quantitative estimate of drug-likeness (QED) is 0.655. The summed E-state index contributed by atoms with van der Waals surface area (Å²) in [6, 6.07) is 10.0. The molecule has 0 radical (unpaired) electrons. The van der Waals surface area contributed by atoms with E-state index >= 15 is 0 Å². The molecule has 0 spiro atoms. The van der Waals surface area contributed by atoms with Crippen LogP contribution in [0.1, 0.15) is 31.7 Å². The number of hydrogen-bond acceptors (Lipinski definition) is 6. The van der Waals surface area contributed by atoms with E-state index in [1.807, 2.05) is 42.2 Å². The summed E-state index contributed by atoms with van der Waals surface area (Å²) in [4.78, 5) is 45.0. The molecular weight excluding hydrogens is 436 g/mol. The zero-order valence-electron chi connectivity index (χ0n) is 20.1. The van der Waals surface area contributed by atoms with Gasteiger partial charge in [0.2, 0.25) is 5.91 Å². The molecule has 0 aliphatic carbocycles. The van der Waals surface area contributed by atoms with Gasteiger partial charge in [0, 0.05) is 58.4 Å².